The summed E-state index contributed by atoms with van der Waals surface area (Å²) in [5, 5.41) is 12.7. The third-order valence-electron chi connectivity index (χ3n) is 3.94. The molecule has 0 bridgehead atoms. The fourth-order valence-corrected chi connectivity index (χ4v) is 4.22. The Kier molecular flexibility index (Phi) is 3.52. The van der Waals surface area contributed by atoms with Crippen molar-refractivity contribution in [2.75, 3.05) is 11.9 Å². The molecule has 2 atom stereocenters. The highest BCUT2D eigenvalue weighted by atomic mass is 32.1. The number of hydrogen-bond donors (Lipinski definition) is 2. The smallest absolute Gasteiger partial charge is 0.339 e. The SMILES string of the molecule is CC1CC(C(=O)Nc2sc3c(c2C(=O)O)CCC3)CO1. The van der Waals surface area contributed by atoms with E-state index in [1.165, 1.54) is 11.3 Å². The minimum absolute atomic E-state index is 0.0954. The van der Waals surface area contributed by atoms with Crippen LogP contribution in [0.4, 0.5) is 5.00 Å². The molecule has 1 aromatic rings. The molecule has 2 N–H and O–H groups in total. The summed E-state index contributed by atoms with van der Waals surface area (Å²) in [6, 6.07) is 0. The van der Waals surface area contributed by atoms with Gasteiger partial charge in [0, 0.05) is 4.88 Å². The Balaban J connectivity index is 1.81. The second-order valence-corrected chi connectivity index (χ2v) is 6.54. The van der Waals surface area contributed by atoms with Crippen LogP contribution in [0.5, 0.6) is 0 Å². The van der Waals surface area contributed by atoms with Crippen LogP contribution in [0, 0.1) is 5.92 Å². The summed E-state index contributed by atoms with van der Waals surface area (Å²) < 4.78 is 5.39. The molecule has 1 aliphatic carbocycles. The first-order valence-corrected chi connectivity index (χ1v) is 7.68. The number of rotatable bonds is 3. The van der Waals surface area contributed by atoms with Crippen LogP contribution in [0.2, 0.25) is 0 Å². The van der Waals surface area contributed by atoms with Gasteiger partial charge in [-0.3, -0.25) is 4.79 Å². The maximum atomic E-state index is 12.2. The van der Waals surface area contributed by atoms with Crippen molar-refractivity contribution in [3.8, 4) is 0 Å². The van der Waals surface area contributed by atoms with E-state index in [0.717, 1.165) is 29.7 Å². The van der Waals surface area contributed by atoms with Crippen molar-refractivity contribution < 1.29 is 19.4 Å². The van der Waals surface area contributed by atoms with Crippen molar-refractivity contribution in [2.24, 2.45) is 5.92 Å². The summed E-state index contributed by atoms with van der Waals surface area (Å²) in [6.07, 6.45) is 3.51. The molecule has 2 aliphatic rings. The summed E-state index contributed by atoms with van der Waals surface area (Å²) in [6.45, 7) is 2.36. The van der Waals surface area contributed by atoms with Gasteiger partial charge in [-0.15, -0.1) is 11.3 Å². The summed E-state index contributed by atoms with van der Waals surface area (Å²) in [7, 11) is 0. The molecule has 1 saturated heterocycles. The number of fused-ring (bicyclic) bond motifs is 1. The van der Waals surface area contributed by atoms with Gasteiger partial charge >= 0.3 is 5.97 Å². The fraction of sp³-hybridized carbons (Fsp3) is 0.571. The average Bonchev–Trinajstić information content (AvgIpc) is 3.03. The van der Waals surface area contributed by atoms with Crippen LogP contribution in [0.1, 0.15) is 40.6 Å². The van der Waals surface area contributed by atoms with Crippen molar-refractivity contribution in [1.82, 2.24) is 0 Å². The average molecular weight is 295 g/mol. The molecule has 0 saturated carbocycles. The summed E-state index contributed by atoms with van der Waals surface area (Å²) in [4.78, 5) is 24.7. The van der Waals surface area contributed by atoms with Gasteiger partial charge in [-0.2, -0.15) is 0 Å². The molecule has 1 aromatic heterocycles. The van der Waals surface area contributed by atoms with Gasteiger partial charge in [0.2, 0.25) is 5.91 Å². The van der Waals surface area contributed by atoms with Crippen molar-refractivity contribution in [3.05, 3.63) is 16.0 Å². The zero-order chi connectivity index (χ0) is 14.3. The number of aryl methyl sites for hydroxylation is 1. The van der Waals surface area contributed by atoms with E-state index in [1.54, 1.807) is 0 Å². The number of carbonyl (C=O) groups excluding carboxylic acids is 1. The standard InChI is InChI=1S/C14H17NO4S/c1-7-5-8(6-19-7)12(16)15-13-11(14(17)18)9-3-2-4-10(9)20-13/h7-8H,2-6H2,1H3,(H,15,16)(H,17,18). The predicted molar refractivity (Wildman–Crippen MR) is 75.5 cm³/mol. The van der Waals surface area contributed by atoms with Gasteiger partial charge in [0.25, 0.3) is 0 Å². The van der Waals surface area contributed by atoms with Crippen LogP contribution in [-0.4, -0.2) is 29.7 Å². The molecule has 3 rings (SSSR count). The fourth-order valence-electron chi connectivity index (χ4n) is 2.93. The number of hydrogen-bond acceptors (Lipinski definition) is 4. The topological polar surface area (TPSA) is 75.6 Å². The van der Waals surface area contributed by atoms with Crippen LogP contribution in [0.15, 0.2) is 0 Å². The lowest BCUT2D eigenvalue weighted by Crippen LogP contribution is -2.23. The number of thiophene rings is 1. The number of carboxylic acid groups (broad SMARTS) is 1. The van der Waals surface area contributed by atoms with E-state index in [2.05, 4.69) is 5.32 Å². The van der Waals surface area contributed by atoms with E-state index in [4.69, 9.17) is 4.74 Å². The first-order chi connectivity index (χ1) is 9.56. The van der Waals surface area contributed by atoms with Gasteiger partial charge in [-0.25, -0.2) is 4.79 Å². The Morgan fingerprint density at radius 2 is 2.20 bits per heavy atom. The third-order valence-corrected chi connectivity index (χ3v) is 5.15. The Bertz CT molecular complexity index is 566. The highest BCUT2D eigenvalue weighted by Crippen LogP contribution is 2.39. The van der Waals surface area contributed by atoms with Crippen LogP contribution >= 0.6 is 11.3 Å². The lowest BCUT2D eigenvalue weighted by molar-refractivity contribution is -0.119. The second kappa shape index (κ2) is 5.18. The highest BCUT2D eigenvalue weighted by Gasteiger charge is 2.31. The number of amides is 1. The van der Waals surface area contributed by atoms with Crippen molar-refractivity contribution in [1.29, 1.82) is 0 Å². The molecule has 1 fully saturated rings. The molecule has 6 heteroatoms. The van der Waals surface area contributed by atoms with Gasteiger partial charge in [0.1, 0.15) is 5.00 Å². The van der Waals surface area contributed by atoms with Gasteiger partial charge in [0.15, 0.2) is 0 Å². The van der Waals surface area contributed by atoms with E-state index in [0.29, 0.717) is 23.6 Å². The Hall–Kier alpha value is -1.40. The van der Waals surface area contributed by atoms with Crippen LogP contribution in [0.25, 0.3) is 0 Å². The second-order valence-electron chi connectivity index (χ2n) is 5.43. The minimum Gasteiger partial charge on any atom is -0.478 e. The van der Waals surface area contributed by atoms with Gasteiger partial charge in [-0.1, -0.05) is 0 Å². The Morgan fingerprint density at radius 3 is 2.85 bits per heavy atom. The molecule has 2 heterocycles. The van der Waals surface area contributed by atoms with E-state index in [-0.39, 0.29) is 17.9 Å². The zero-order valence-corrected chi connectivity index (χ0v) is 12.1. The number of nitrogens with one attached hydrogen (secondary N) is 1. The molecule has 0 aromatic carbocycles. The number of carboxylic acids is 1. The normalized spacial score (nSPS) is 24.6. The Morgan fingerprint density at radius 1 is 1.40 bits per heavy atom. The van der Waals surface area contributed by atoms with Crippen molar-refractivity contribution in [2.45, 2.75) is 38.7 Å². The molecule has 2 unspecified atom stereocenters. The lowest BCUT2D eigenvalue weighted by Gasteiger charge is -2.09. The van der Waals surface area contributed by atoms with E-state index in [1.807, 2.05) is 6.92 Å². The first-order valence-electron chi connectivity index (χ1n) is 6.86. The largest absolute Gasteiger partial charge is 0.478 e. The molecule has 5 nitrogen and oxygen atoms in total. The molecule has 0 spiro atoms. The van der Waals surface area contributed by atoms with Crippen molar-refractivity contribution in [3.63, 3.8) is 0 Å². The minimum atomic E-state index is -0.948. The molecule has 1 amide bonds. The predicted octanol–water partition coefficient (Wildman–Crippen LogP) is 2.30. The van der Waals surface area contributed by atoms with Crippen LogP contribution < -0.4 is 5.32 Å². The molecule has 0 radical (unpaired) electrons. The van der Waals surface area contributed by atoms with Gasteiger partial charge in [-0.05, 0) is 38.2 Å². The molecular weight excluding hydrogens is 278 g/mol. The van der Waals surface area contributed by atoms with Crippen LogP contribution in [0.3, 0.4) is 0 Å². The number of anilines is 1. The molecule has 108 valence electrons. The summed E-state index contributed by atoms with van der Waals surface area (Å²) >= 11 is 1.41. The van der Waals surface area contributed by atoms with Gasteiger partial charge < -0.3 is 15.2 Å². The zero-order valence-electron chi connectivity index (χ0n) is 11.3. The first kappa shape index (κ1) is 13.6. The monoisotopic (exact) mass is 295 g/mol. The lowest BCUT2D eigenvalue weighted by atomic mass is 10.1. The number of aromatic carboxylic acids is 1. The van der Waals surface area contributed by atoms with E-state index >= 15 is 0 Å². The van der Waals surface area contributed by atoms with Crippen LogP contribution in [-0.2, 0) is 22.4 Å². The third kappa shape index (κ3) is 2.33. The molecular formula is C14H17NO4S. The van der Waals surface area contributed by atoms with E-state index < -0.39 is 5.97 Å². The number of carbonyl (C=O) groups is 2. The van der Waals surface area contributed by atoms with Gasteiger partial charge in [0.05, 0.1) is 24.2 Å². The quantitative estimate of drug-likeness (QED) is 0.897. The molecule has 1 aliphatic heterocycles. The number of ether oxygens (including phenoxy) is 1. The maximum absolute atomic E-state index is 12.2. The summed E-state index contributed by atoms with van der Waals surface area (Å²) in [5.41, 5.74) is 1.21. The summed E-state index contributed by atoms with van der Waals surface area (Å²) in [5.74, 6) is -1.25. The highest BCUT2D eigenvalue weighted by molar-refractivity contribution is 7.17. The van der Waals surface area contributed by atoms with E-state index in [9.17, 15) is 14.7 Å². The Labute approximate surface area is 120 Å². The van der Waals surface area contributed by atoms with Crippen molar-refractivity contribution >= 4 is 28.2 Å². The maximum Gasteiger partial charge on any atom is 0.339 e. The molecule has 20 heavy (non-hydrogen) atoms.